The number of ether oxygens (including phenoxy) is 1. The maximum absolute atomic E-state index is 14.8. The van der Waals surface area contributed by atoms with Crippen molar-refractivity contribution in [3.63, 3.8) is 0 Å². The molecule has 0 bridgehead atoms. The van der Waals surface area contributed by atoms with Crippen molar-refractivity contribution in [3.05, 3.63) is 53.6 Å². The van der Waals surface area contributed by atoms with Crippen molar-refractivity contribution in [2.45, 2.75) is 6.42 Å². The maximum atomic E-state index is 14.8. The first kappa shape index (κ1) is 28.2. The third kappa shape index (κ3) is 6.79. The monoisotopic (exact) mass is 559 g/mol. The molecule has 2 amide bonds. The van der Waals surface area contributed by atoms with Crippen molar-refractivity contribution in [2.75, 3.05) is 56.2 Å². The van der Waals surface area contributed by atoms with Crippen LogP contribution >= 0.6 is 11.6 Å². The van der Waals surface area contributed by atoms with Gasteiger partial charge in [0.05, 0.1) is 37.3 Å². The van der Waals surface area contributed by atoms with Gasteiger partial charge >= 0.3 is 6.09 Å². The molecular formula is C26H27ClFN5O6. The number of pyridine rings is 2. The number of fused-ring (bicyclic) bond motifs is 1. The Labute approximate surface area is 228 Å². The first-order valence-electron chi connectivity index (χ1n) is 12.1. The molecule has 0 saturated heterocycles. The zero-order valence-electron chi connectivity index (χ0n) is 20.8. The summed E-state index contributed by atoms with van der Waals surface area (Å²) in [5.41, 5.74) is 1.48. The van der Waals surface area contributed by atoms with E-state index in [4.69, 9.17) is 26.6 Å². The second-order valence-corrected chi connectivity index (χ2v) is 9.10. The molecule has 0 fully saturated rings. The number of nitrogens with zero attached hydrogens (tertiary/aromatic N) is 4. The molecular weight excluding hydrogens is 533 g/mol. The highest BCUT2D eigenvalue weighted by Gasteiger charge is 2.29. The zero-order valence-corrected chi connectivity index (χ0v) is 21.6. The van der Waals surface area contributed by atoms with Crippen LogP contribution in [0.1, 0.15) is 6.42 Å². The van der Waals surface area contributed by atoms with Crippen molar-refractivity contribution in [3.8, 4) is 28.1 Å². The number of hydrogen-bond donors (Lipinski definition) is 4. The molecule has 0 spiro atoms. The Balaban J connectivity index is 1.69. The molecule has 0 atom stereocenters. The lowest BCUT2D eigenvalue weighted by Gasteiger charge is -2.28. The summed E-state index contributed by atoms with van der Waals surface area (Å²) in [5.74, 6) is -0.708. The molecule has 2 aromatic heterocycles. The summed E-state index contributed by atoms with van der Waals surface area (Å²) >= 11 is 6.09. The van der Waals surface area contributed by atoms with Crippen LogP contribution in [0.4, 0.5) is 20.7 Å². The molecule has 3 heterocycles. The number of halogens is 2. The van der Waals surface area contributed by atoms with Gasteiger partial charge in [0.2, 0.25) is 5.91 Å². The Morgan fingerprint density at radius 2 is 1.87 bits per heavy atom. The van der Waals surface area contributed by atoms with Gasteiger partial charge in [-0.15, -0.1) is 0 Å². The third-order valence-corrected chi connectivity index (χ3v) is 6.26. The molecule has 39 heavy (non-hydrogen) atoms. The molecule has 0 unspecified atom stereocenters. The van der Waals surface area contributed by atoms with Gasteiger partial charge in [-0.05, 0) is 30.3 Å². The SMILES string of the molecule is O=C(CCN(CCO)CCO)Nc1cncc(-c2cc(-c3cc(Cl)ccc3F)nc3c2OCCN3C(=O)O)c1. The van der Waals surface area contributed by atoms with Gasteiger partial charge < -0.3 is 25.4 Å². The van der Waals surface area contributed by atoms with E-state index < -0.39 is 11.9 Å². The Hall–Kier alpha value is -3.84. The first-order valence-corrected chi connectivity index (χ1v) is 12.5. The molecule has 1 aromatic carbocycles. The number of benzene rings is 1. The minimum Gasteiger partial charge on any atom is -0.487 e. The molecule has 1 aliphatic heterocycles. The number of aliphatic hydroxyl groups excluding tert-OH is 2. The maximum Gasteiger partial charge on any atom is 0.413 e. The molecule has 0 radical (unpaired) electrons. The van der Waals surface area contributed by atoms with E-state index in [-0.39, 0.29) is 66.5 Å². The number of carbonyl (C=O) groups is 2. The fourth-order valence-electron chi connectivity index (χ4n) is 4.18. The van der Waals surface area contributed by atoms with E-state index in [9.17, 15) is 19.1 Å². The zero-order chi connectivity index (χ0) is 27.9. The summed E-state index contributed by atoms with van der Waals surface area (Å²) < 4.78 is 20.6. The predicted molar refractivity (Wildman–Crippen MR) is 143 cm³/mol. The van der Waals surface area contributed by atoms with Crippen LogP contribution in [0, 0.1) is 5.82 Å². The molecule has 4 N–H and O–H groups in total. The number of hydrogen-bond acceptors (Lipinski definition) is 8. The van der Waals surface area contributed by atoms with E-state index in [0.29, 0.717) is 36.4 Å². The fraction of sp³-hybridized carbons (Fsp3) is 0.308. The normalized spacial score (nSPS) is 12.7. The highest BCUT2D eigenvalue weighted by atomic mass is 35.5. The van der Waals surface area contributed by atoms with Gasteiger partial charge in [0.15, 0.2) is 11.6 Å². The minimum absolute atomic E-state index is 0.00271. The average molecular weight is 560 g/mol. The molecule has 206 valence electrons. The van der Waals surface area contributed by atoms with E-state index >= 15 is 0 Å². The second-order valence-electron chi connectivity index (χ2n) is 8.66. The van der Waals surface area contributed by atoms with Crippen molar-refractivity contribution in [1.29, 1.82) is 0 Å². The topological polar surface area (TPSA) is 148 Å². The number of aromatic nitrogens is 2. The number of nitrogens with one attached hydrogen (secondary N) is 1. The van der Waals surface area contributed by atoms with Gasteiger partial charge in [-0.2, -0.15) is 0 Å². The summed E-state index contributed by atoms with van der Waals surface area (Å²) in [6, 6.07) is 7.19. The van der Waals surface area contributed by atoms with Crippen LogP contribution in [0.15, 0.2) is 42.7 Å². The van der Waals surface area contributed by atoms with Crippen LogP contribution in [0.2, 0.25) is 5.02 Å². The standard InChI is InChI=1S/C26H27ClFN5O6/c27-17-1-2-21(28)20(12-17)22-13-19(24-25(31-22)33(26(37)38)7-10-39-24)16-11-18(15-29-14-16)30-23(36)3-4-32(5-8-34)6-9-35/h1-2,11-15,34-35H,3-10H2,(H,30,36)(H,37,38). The summed E-state index contributed by atoms with van der Waals surface area (Å²) in [6.07, 6.45) is 1.84. The van der Waals surface area contributed by atoms with Crippen LogP contribution < -0.4 is 15.0 Å². The van der Waals surface area contributed by atoms with Crippen LogP contribution in [0.5, 0.6) is 5.75 Å². The number of anilines is 2. The van der Waals surface area contributed by atoms with Crippen molar-refractivity contribution in [2.24, 2.45) is 0 Å². The van der Waals surface area contributed by atoms with Gasteiger partial charge in [-0.3, -0.25) is 19.6 Å². The molecule has 0 aliphatic carbocycles. The van der Waals surface area contributed by atoms with E-state index in [2.05, 4.69) is 15.3 Å². The molecule has 1 aliphatic rings. The van der Waals surface area contributed by atoms with Gasteiger partial charge in [0.25, 0.3) is 0 Å². The number of aliphatic hydroxyl groups is 2. The average Bonchev–Trinajstić information content (AvgIpc) is 2.92. The Bertz CT molecular complexity index is 1350. The minimum atomic E-state index is -1.24. The Morgan fingerprint density at radius 1 is 1.10 bits per heavy atom. The van der Waals surface area contributed by atoms with Crippen LogP contribution in [-0.4, -0.2) is 88.2 Å². The summed E-state index contributed by atoms with van der Waals surface area (Å²) in [7, 11) is 0. The lowest BCUT2D eigenvalue weighted by atomic mass is 10.0. The third-order valence-electron chi connectivity index (χ3n) is 6.03. The molecule has 0 saturated carbocycles. The second kappa shape index (κ2) is 12.8. The smallest absolute Gasteiger partial charge is 0.413 e. The predicted octanol–water partition coefficient (Wildman–Crippen LogP) is 3.10. The molecule has 11 nitrogen and oxygen atoms in total. The van der Waals surface area contributed by atoms with Gasteiger partial charge in [-0.1, -0.05) is 11.6 Å². The highest BCUT2D eigenvalue weighted by Crippen LogP contribution is 2.42. The van der Waals surface area contributed by atoms with Gasteiger partial charge in [-0.25, -0.2) is 14.2 Å². The fourth-order valence-corrected chi connectivity index (χ4v) is 4.35. The number of amides is 2. The van der Waals surface area contributed by atoms with Crippen molar-refractivity contribution < 1.29 is 34.0 Å². The number of carboxylic acid groups (broad SMARTS) is 1. The summed E-state index contributed by atoms with van der Waals surface area (Å²) in [6.45, 7) is 0.945. The Morgan fingerprint density at radius 3 is 2.59 bits per heavy atom. The molecule has 4 rings (SSSR count). The summed E-state index contributed by atoms with van der Waals surface area (Å²) in [4.78, 5) is 35.9. The van der Waals surface area contributed by atoms with Crippen molar-refractivity contribution in [1.82, 2.24) is 14.9 Å². The van der Waals surface area contributed by atoms with E-state index in [1.165, 1.54) is 30.6 Å². The molecule has 13 heteroatoms. The van der Waals surface area contributed by atoms with E-state index in [1.54, 1.807) is 17.0 Å². The van der Waals surface area contributed by atoms with Gasteiger partial charge in [0.1, 0.15) is 12.4 Å². The molecule has 3 aromatic rings. The van der Waals surface area contributed by atoms with E-state index in [0.717, 1.165) is 4.90 Å². The van der Waals surface area contributed by atoms with Gasteiger partial charge in [0, 0.05) is 54.0 Å². The number of carbonyl (C=O) groups excluding carboxylic acids is 1. The largest absolute Gasteiger partial charge is 0.487 e. The van der Waals surface area contributed by atoms with Crippen LogP contribution in [-0.2, 0) is 4.79 Å². The van der Waals surface area contributed by atoms with Crippen molar-refractivity contribution >= 4 is 35.1 Å². The van der Waals surface area contributed by atoms with Crippen LogP contribution in [0.3, 0.4) is 0 Å². The lowest BCUT2D eigenvalue weighted by Crippen LogP contribution is -2.37. The summed E-state index contributed by atoms with van der Waals surface area (Å²) in [5, 5.41) is 31.1. The quantitative estimate of drug-likeness (QED) is 0.294. The van der Waals surface area contributed by atoms with E-state index in [1.807, 2.05) is 0 Å². The lowest BCUT2D eigenvalue weighted by molar-refractivity contribution is -0.116. The highest BCUT2D eigenvalue weighted by molar-refractivity contribution is 6.30. The number of rotatable bonds is 10. The Kier molecular flexibility index (Phi) is 9.25. The van der Waals surface area contributed by atoms with Crippen LogP contribution in [0.25, 0.3) is 22.4 Å². The first-order chi connectivity index (χ1) is 18.8.